The number of rotatable bonds is 1. The SMILES string of the molecule is N#Cc1c(-c2ccccn2)nc2ccc(C(F)(F)F)cn12. The highest BCUT2D eigenvalue weighted by molar-refractivity contribution is 5.66. The van der Waals surface area contributed by atoms with Crippen LogP contribution in [-0.4, -0.2) is 14.4 Å². The molecule has 0 fully saturated rings. The van der Waals surface area contributed by atoms with E-state index in [-0.39, 0.29) is 17.0 Å². The molecule has 0 spiro atoms. The van der Waals surface area contributed by atoms with Crippen molar-refractivity contribution in [1.82, 2.24) is 14.4 Å². The van der Waals surface area contributed by atoms with Crippen LogP contribution in [0.2, 0.25) is 0 Å². The molecule has 0 aliphatic heterocycles. The third-order valence-corrected chi connectivity index (χ3v) is 2.96. The Hall–Kier alpha value is -2.88. The van der Waals surface area contributed by atoms with Crippen molar-refractivity contribution in [2.45, 2.75) is 6.18 Å². The molecule has 0 radical (unpaired) electrons. The van der Waals surface area contributed by atoms with Crippen molar-refractivity contribution in [3.63, 3.8) is 0 Å². The molecule has 0 saturated heterocycles. The van der Waals surface area contributed by atoms with Gasteiger partial charge in [-0.1, -0.05) is 6.07 Å². The van der Waals surface area contributed by atoms with Crippen molar-refractivity contribution in [1.29, 1.82) is 5.26 Å². The molecule has 0 saturated carbocycles. The summed E-state index contributed by atoms with van der Waals surface area (Å²) in [5, 5.41) is 9.24. The molecular formula is C14H7F3N4. The quantitative estimate of drug-likeness (QED) is 0.690. The van der Waals surface area contributed by atoms with E-state index in [1.165, 1.54) is 12.3 Å². The first-order valence-electron chi connectivity index (χ1n) is 5.91. The summed E-state index contributed by atoms with van der Waals surface area (Å²) in [6, 6.07) is 9.12. The molecule has 3 rings (SSSR count). The molecule has 0 atom stereocenters. The Morgan fingerprint density at radius 2 is 1.95 bits per heavy atom. The number of nitrogens with zero attached hydrogens (tertiary/aromatic N) is 4. The number of halogens is 3. The van der Waals surface area contributed by atoms with Gasteiger partial charge in [0.15, 0.2) is 5.69 Å². The van der Waals surface area contributed by atoms with E-state index in [1.807, 2.05) is 6.07 Å². The van der Waals surface area contributed by atoms with Gasteiger partial charge in [-0.3, -0.25) is 9.38 Å². The summed E-state index contributed by atoms with van der Waals surface area (Å²) in [5.41, 5.74) is 0.148. The molecule has 0 aliphatic carbocycles. The summed E-state index contributed by atoms with van der Waals surface area (Å²) < 4.78 is 39.4. The van der Waals surface area contributed by atoms with Gasteiger partial charge in [-0.15, -0.1) is 0 Å². The van der Waals surface area contributed by atoms with Crippen molar-refractivity contribution >= 4 is 5.65 Å². The molecule has 4 nitrogen and oxygen atoms in total. The number of fused-ring (bicyclic) bond motifs is 1. The third-order valence-electron chi connectivity index (χ3n) is 2.96. The second-order valence-corrected chi connectivity index (χ2v) is 4.28. The lowest BCUT2D eigenvalue weighted by Crippen LogP contribution is -2.06. The van der Waals surface area contributed by atoms with E-state index in [0.717, 1.165) is 16.7 Å². The van der Waals surface area contributed by atoms with Crippen LogP contribution in [0.1, 0.15) is 11.3 Å². The second kappa shape index (κ2) is 4.59. The average Bonchev–Trinajstić information content (AvgIpc) is 2.84. The predicted octanol–water partition coefficient (Wildman–Crippen LogP) is 3.29. The van der Waals surface area contributed by atoms with Crippen molar-refractivity contribution < 1.29 is 13.2 Å². The summed E-state index contributed by atoms with van der Waals surface area (Å²) in [4.78, 5) is 8.26. The highest BCUT2D eigenvalue weighted by atomic mass is 19.4. The van der Waals surface area contributed by atoms with Gasteiger partial charge in [-0.2, -0.15) is 18.4 Å². The smallest absolute Gasteiger partial charge is 0.290 e. The zero-order chi connectivity index (χ0) is 15.0. The predicted molar refractivity (Wildman–Crippen MR) is 68.1 cm³/mol. The van der Waals surface area contributed by atoms with Crippen LogP contribution in [0.15, 0.2) is 42.7 Å². The first kappa shape index (κ1) is 13.1. The molecule has 0 aromatic carbocycles. The first-order chi connectivity index (χ1) is 10.0. The summed E-state index contributed by atoms with van der Waals surface area (Å²) in [7, 11) is 0. The minimum atomic E-state index is -4.48. The average molecular weight is 288 g/mol. The zero-order valence-electron chi connectivity index (χ0n) is 10.5. The largest absolute Gasteiger partial charge is 0.417 e. The Balaban J connectivity index is 2.28. The van der Waals surface area contributed by atoms with Gasteiger partial charge in [0, 0.05) is 12.4 Å². The number of aromatic nitrogens is 3. The lowest BCUT2D eigenvalue weighted by molar-refractivity contribution is -0.137. The summed E-state index contributed by atoms with van der Waals surface area (Å²) in [6.45, 7) is 0. The molecule has 0 amide bonds. The van der Waals surface area contributed by atoms with E-state index < -0.39 is 11.7 Å². The maximum absolute atomic E-state index is 12.8. The minimum absolute atomic E-state index is 0.0230. The molecule has 104 valence electrons. The van der Waals surface area contributed by atoms with E-state index in [9.17, 15) is 18.4 Å². The van der Waals surface area contributed by atoms with Gasteiger partial charge in [-0.25, -0.2) is 4.98 Å². The number of alkyl halides is 3. The Kier molecular flexibility index (Phi) is 2.87. The van der Waals surface area contributed by atoms with Gasteiger partial charge < -0.3 is 0 Å². The van der Waals surface area contributed by atoms with Gasteiger partial charge in [0.1, 0.15) is 17.4 Å². The molecular weight excluding hydrogens is 281 g/mol. The molecule has 0 N–H and O–H groups in total. The molecule has 3 heterocycles. The molecule has 21 heavy (non-hydrogen) atoms. The number of imidazole rings is 1. The summed E-state index contributed by atoms with van der Waals surface area (Å²) in [6.07, 6.45) is -2.08. The Labute approximate surface area is 117 Å². The van der Waals surface area contributed by atoms with Crippen LogP contribution in [0.25, 0.3) is 17.0 Å². The normalized spacial score (nSPS) is 11.5. The van der Waals surface area contributed by atoms with Gasteiger partial charge >= 0.3 is 6.18 Å². The molecule has 0 aliphatic rings. The standard InChI is InChI=1S/C14H7F3N4/c15-14(16,17)9-4-5-12-20-13(10-3-1-2-6-19-10)11(7-18)21(12)8-9/h1-6,8H. The van der Waals surface area contributed by atoms with E-state index in [2.05, 4.69) is 9.97 Å². The first-order valence-corrected chi connectivity index (χ1v) is 5.91. The third kappa shape index (κ3) is 2.21. The summed E-state index contributed by atoms with van der Waals surface area (Å²) in [5.74, 6) is 0. The fourth-order valence-electron chi connectivity index (χ4n) is 2.00. The topological polar surface area (TPSA) is 54.0 Å². The lowest BCUT2D eigenvalue weighted by atomic mass is 10.2. The molecule has 3 aromatic heterocycles. The maximum Gasteiger partial charge on any atom is 0.417 e. The van der Waals surface area contributed by atoms with Crippen molar-refractivity contribution in [2.75, 3.05) is 0 Å². The lowest BCUT2D eigenvalue weighted by Gasteiger charge is -2.06. The highest BCUT2D eigenvalue weighted by Crippen LogP contribution is 2.30. The van der Waals surface area contributed by atoms with Crippen LogP contribution in [0, 0.1) is 11.3 Å². The Bertz CT molecular complexity index is 844. The second-order valence-electron chi connectivity index (χ2n) is 4.28. The minimum Gasteiger partial charge on any atom is -0.290 e. The van der Waals surface area contributed by atoms with Gasteiger partial charge in [-0.05, 0) is 24.3 Å². The van der Waals surface area contributed by atoms with Crippen molar-refractivity contribution in [3.05, 3.63) is 54.0 Å². The van der Waals surface area contributed by atoms with Gasteiger partial charge in [0.05, 0.1) is 11.3 Å². The van der Waals surface area contributed by atoms with Crippen LogP contribution in [0.4, 0.5) is 13.2 Å². The van der Waals surface area contributed by atoms with E-state index in [1.54, 1.807) is 18.2 Å². The molecule has 0 unspecified atom stereocenters. The number of nitriles is 1. The van der Waals surface area contributed by atoms with E-state index in [0.29, 0.717) is 5.69 Å². The van der Waals surface area contributed by atoms with Crippen molar-refractivity contribution in [3.8, 4) is 17.5 Å². The molecule has 7 heteroatoms. The van der Waals surface area contributed by atoms with E-state index in [4.69, 9.17) is 0 Å². The molecule has 3 aromatic rings. The number of pyridine rings is 2. The Morgan fingerprint density at radius 3 is 2.57 bits per heavy atom. The fraction of sp³-hybridized carbons (Fsp3) is 0.0714. The van der Waals surface area contributed by atoms with Crippen LogP contribution < -0.4 is 0 Å². The maximum atomic E-state index is 12.8. The monoisotopic (exact) mass is 288 g/mol. The van der Waals surface area contributed by atoms with Crippen LogP contribution in [0.5, 0.6) is 0 Å². The van der Waals surface area contributed by atoms with Crippen LogP contribution in [-0.2, 0) is 6.18 Å². The highest BCUT2D eigenvalue weighted by Gasteiger charge is 2.31. The van der Waals surface area contributed by atoms with Gasteiger partial charge in [0.2, 0.25) is 0 Å². The Morgan fingerprint density at radius 1 is 1.14 bits per heavy atom. The molecule has 0 bridgehead atoms. The van der Waals surface area contributed by atoms with Gasteiger partial charge in [0.25, 0.3) is 0 Å². The van der Waals surface area contributed by atoms with Crippen LogP contribution >= 0.6 is 0 Å². The van der Waals surface area contributed by atoms with Crippen LogP contribution in [0.3, 0.4) is 0 Å². The van der Waals surface area contributed by atoms with E-state index >= 15 is 0 Å². The number of hydrogen-bond donors (Lipinski definition) is 0. The zero-order valence-corrected chi connectivity index (χ0v) is 10.5. The fourth-order valence-corrected chi connectivity index (χ4v) is 2.00. The summed E-state index contributed by atoms with van der Waals surface area (Å²) >= 11 is 0. The number of hydrogen-bond acceptors (Lipinski definition) is 3. The van der Waals surface area contributed by atoms with Crippen molar-refractivity contribution in [2.24, 2.45) is 0 Å².